The van der Waals surface area contributed by atoms with E-state index in [1.54, 1.807) is 25.1 Å². The highest BCUT2D eigenvalue weighted by atomic mass is 32.2. The minimum absolute atomic E-state index is 0.00997. The average molecular weight is 312 g/mol. The van der Waals surface area contributed by atoms with Crippen molar-refractivity contribution in [3.8, 4) is 0 Å². The van der Waals surface area contributed by atoms with Crippen molar-refractivity contribution in [2.45, 2.75) is 18.6 Å². The van der Waals surface area contributed by atoms with Crippen LogP contribution in [0.1, 0.15) is 23.7 Å². The smallest absolute Gasteiger partial charge is 0.338 e. The van der Waals surface area contributed by atoms with Crippen LogP contribution in [0.25, 0.3) is 0 Å². The lowest BCUT2D eigenvalue weighted by Gasteiger charge is -2.17. The number of sulfonamides is 1. The van der Waals surface area contributed by atoms with E-state index in [1.165, 1.54) is 11.0 Å². The number of nitrogens with zero attached hydrogens (tertiary/aromatic N) is 1. The van der Waals surface area contributed by atoms with Crippen LogP contribution in [-0.4, -0.2) is 38.7 Å². The van der Waals surface area contributed by atoms with Gasteiger partial charge < -0.3 is 9.64 Å². The molecule has 2 rings (SSSR count). The van der Waals surface area contributed by atoms with E-state index in [-0.39, 0.29) is 25.5 Å². The summed E-state index contributed by atoms with van der Waals surface area (Å²) in [5.41, 5.74) is 0.762. The van der Waals surface area contributed by atoms with Crippen molar-refractivity contribution in [2.75, 3.05) is 18.1 Å². The molecule has 0 saturated carbocycles. The fraction of sp³-hybridized carbons (Fsp3) is 0.385. The highest BCUT2D eigenvalue weighted by Gasteiger charge is 2.37. The Morgan fingerprint density at radius 2 is 2.19 bits per heavy atom. The van der Waals surface area contributed by atoms with Crippen molar-refractivity contribution in [3.05, 3.63) is 29.8 Å². The second-order valence-corrected chi connectivity index (χ2v) is 6.54. The first-order valence-electron chi connectivity index (χ1n) is 6.42. The molecule has 1 saturated heterocycles. The summed E-state index contributed by atoms with van der Waals surface area (Å²) in [4.78, 5) is 24.9. The second-order valence-electron chi connectivity index (χ2n) is 4.69. The Kier molecular flexibility index (Phi) is 4.29. The summed E-state index contributed by atoms with van der Waals surface area (Å²) in [6, 6.07) is 6.31. The topological polar surface area (TPSA) is 107 Å². The number of carbonyl (C=O) groups excluding carboxylic acids is 2. The first kappa shape index (κ1) is 15.5. The van der Waals surface area contributed by atoms with Crippen LogP contribution in [0.15, 0.2) is 24.3 Å². The van der Waals surface area contributed by atoms with Gasteiger partial charge in [-0.2, -0.15) is 0 Å². The van der Waals surface area contributed by atoms with Crippen molar-refractivity contribution in [3.63, 3.8) is 0 Å². The molecule has 1 unspecified atom stereocenters. The second kappa shape index (κ2) is 5.82. The molecule has 0 aliphatic carbocycles. The molecule has 1 fully saturated rings. The predicted molar refractivity (Wildman–Crippen MR) is 76.3 cm³/mol. The number of anilines is 1. The van der Waals surface area contributed by atoms with E-state index in [2.05, 4.69) is 0 Å². The number of amides is 1. The zero-order valence-electron chi connectivity index (χ0n) is 11.5. The van der Waals surface area contributed by atoms with Crippen LogP contribution in [0.3, 0.4) is 0 Å². The Hall–Kier alpha value is -1.93. The molecule has 0 bridgehead atoms. The van der Waals surface area contributed by atoms with E-state index in [4.69, 9.17) is 9.88 Å². The molecule has 1 heterocycles. The summed E-state index contributed by atoms with van der Waals surface area (Å²) in [6.07, 6.45) is -0.150. The number of esters is 1. The summed E-state index contributed by atoms with van der Waals surface area (Å²) in [5, 5.41) is 4.16. The number of benzene rings is 1. The molecule has 1 aliphatic rings. The lowest BCUT2D eigenvalue weighted by Crippen LogP contribution is -2.32. The Bertz CT molecular complexity index is 671. The standard InChI is InChI=1S/C13H16N2O5S/c1-2-20-13(17)9-4-3-5-10(6-9)15-8-11(7-12(15)16)21(14,18)19/h3-6,11H,2,7-8H2,1H3,(H2,14,18,19). The molecule has 0 aromatic heterocycles. The quantitative estimate of drug-likeness (QED) is 0.802. The van der Waals surface area contributed by atoms with Crippen LogP contribution < -0.4 is 10.0 Å². The molecule has 1 aromatic carbocycles. The molecular formula is C13H16N2O5S. The summed E-state index contributed by atoms with van der Waals surface area (Å²) in [7, 11) is -3.77. The van der Waals surface area contributed by atoms with E-state index < -0.39 is 21.2 Å². The van der Waals surface area contributed by atoms with Gasteiger partial charge in [-0.3, -0.25) is 4.79 Å². The fourth-order valence-electron chi connectivity index (χ4n) is 2.16. The van der Waals surface area contributed by atoms with Gasteiger partial charge in [0.2, 0.25) is 15.9 Å². The van der Waals surface area contributed by atoms with E-state index in [0.29, 0.717) is 11.3 Å². The first-order valence-corrected chi connectivity index (χ1v) is 8.03. The molecule has 1 atom stereocenters. The summed E-state index contributed by atoms with van der Waals surface area (Å²) < 4.78 is 27.6. The molecule has 21 heavy (non-hydrogen) atoms. The number of rotatable bonds is 4. The van der Waals surface area contributed by atoms with Crippen LogP contribution in [-0.2, 0) is 19.6 Å². The number of hydrogen-bond donors (Lipinski definition) is 1. The number of hydrogen-bond acceptors (Lipinski definition) is 5. The number of carbonyl (C=O) groups is 2. The third-order valence-electron chi connectivity index (χ3n) is 3.22. The zero-order chi connectivity index (χ0) is 15.6. The maximum Gasteiger partial charge on any atom is 0.338 e. The molecule has 7 nitrogen and oxygen atoms in total. The van der Waals surface area contributed by atoms with Gasteiger partial charge in [0.15, 0.2) is 0 Å². The normalized spacial score (nSPS) is 18.9. The molecule has 114 valence electrons. The van der Waals surface area contributed by atoms with Gasteiger partial charge in [0.05, 0.1) is 12.2 Å². The Morgan fingerprint density at radius 3 is 2.76 bits per heavy atom. The zero-order valence-corrected chi connectivity index (χ0v) is 12.3. The maximum atomic E-state index is 11.9. The third kappa shape index (κ3) is 3.40. The Balaban J connectivity index is 2.25. The predicted octanol–water partition coefficient (Wildman–Crippen LogP) is 0.257. The van der Waals surface area contributed by atoms with Gasteiger partial charge in [0, 0.05) is 18.7 Å². The van der Waals surface area contributed by atoms with Gasteiger partial charge in [-0.25, -0.2) is 18.4 Å². The number of primary sulfonamides is 1. The van der Waals surface area contributed by atoms with Crippen molar-refractivity contribution >= 4 is 27.6 Å². The first-order chi connectivity index (χ1) is 9.82. The number of ether oxygens (including phenoxy) is 1. The van der Waals surface area contributed by atoms with Gasteiger partial charge in [-0.05, 0) is 25.1 Å². The minimum atomic E-state index is -3.77. The van der Waals surface area contributed by atoms with Crippen molar-refractivity contribution in [1.82, 2.24) is 0 Å². The van der Waals surface area contributed by atoms with Crippen LogP contribution in [0, 0.1) is 0 Å². The van der Waals surface area contributed by atoms with Gasteiger partial charge in [0.25, 0.3) is 0 Å². The number of nitrogens with two attached hydrogens (primary N) is 1. The highest BCUT2D eigenvalue weighted by Crippen LogP contribution is 2.25. The largest absolute Gasteiger partial charge is 0.462 e. The van der Waals surface area contributed by atoms with E-state index in [9.17, 15) is 18.0 Å². The molecule has 2 N–H and O–H groups in total. The summed E-state index contributed by atoms with van der Waals surface area (Å²) in [5.74, 6) is -0.830. The van der Waals surface area contributed by atoms with Crippen molar-refractivity contribution < 1.29 is 22.7 Å². The Labute approximate surface area is 122 Å². The van der Waals surface area contributed by atoms with Crippen LogP contribution >= 0.6 is 0 Å². The van der Waals surface area contributed by atoms with Crippen molar-refractivity contribution in [2.24, 2.45) is 5.14 Å². The average Bonchev–Trinajstić information content (AvgIpc) is 2.81. The van der Waals surface area contributed by atoms with E-state index >= 15 is 0 Å². The van der Waals surface area contributed by atoms with Crippen LogP contribution in [0.2, 0.25) is 0 Å². The molecule has 1 aliphatic heterocycles. The third-order valence-corrected chi connectivity index (χ3v) is 4.47. The van der Waals surface area contributed by atoms with Gasteiger partial charge in [-0.15, -0.1) is 0 Å². The van der Waals surface area contributed by atoms with Gasteiger partial charge >= 0.3 is 5.97 Å². The van der Waals surface area contributed by atoms with Crippen LogP contribution in [0.4, 0.5) is 5.69 Å². The molecule has 1 amide bonds. The summed E-state index contributed by atoms with van der Waals surface area (Å²) in [6.45, 7) is 1.94. The lowest BCUT2D eigenvalue weighted by molar-refractivity contribution is -0.117. The Morgan fingerprint density at radius 1 is 1.48 bits per heavy atom. The van der Waals surface area contributed by atoms with E-state index in [1.807, 2.05) is 0 Å². The molecule has 8 heteroatoms. The van der Waals surface area contributed by atoms with E-state index in [0.717, 1.165) is 0 Å². The SMILES string of the molecule is CCOC(=O)c1cccc(N2CC(S(N)(=O)=O)CC2=O)c1. The molecule has 1 aromatic rings. The molecule has 0 radical (unpaired) electrons. The van der Waals surface area contributed by atoms with Gasteiger partial charge in [-0.1, -0.05) is 6.07 Å². The fourth-order valence-corrected chi connectivity index (χ4v) is 2.89. The maximum absolute atomic E-state index is 11.9. The molecular weight excluding hydrogens is 296 g/mol. The summed E-state index contributed by atoms with van der Waals surface area (Å²) >= 11 is 0. The lowest BCUT2D eigenvalue weighted by atomic mass is 10.2. The minimum Gasteiger partial charge on any atom is -0.462 e. The van der Waals surface area contributed by atoms with Gasteiger partial charge in [0.1, 0.15) is 5.25 Å². The highest BCUT2D eigenvalue weighted by molar-refractivity contribution is 7.89. The molecule has 0 spiro atoms. The van der Waals surface area contributed by atoms with Crippen molar-refractivity contribution in [1.29, 1.82) is 0 Å². The monoisotopic (exact) mass is 312 g/mol. The van der Waals surface area contributed by atoms with Crippen LogP contribution in [0.5, 0.6) is 0 Å².